The molecular weight excluding hydrogens is 168 g/mol. The molecule has 4 heteroatoms. The average Bonchev–Trinajstić information content (AvgIpc) is 2.47. The second-order valence-electron chi connectivity index (χ2n) is 3.02. The van der Waals surface area contributed by atoms with Gasteiger partial charge in [-0.3, -0.25) is 10.1 Å². The second kappa shape index (κ2) is 4.09. The predicted molar refractivity (Wildman–Crippen MR) is 49.1 cm³/mol. The van der Waals surface area contributed by atoms with Gasteiger partial charge < -0.3 is 10.2 Å². The molecule has 0 aliphatic rings. The van der Waals surface area contributed by atoms with Gasteiger partial charge in [0.2, 0.25) is 5.91 Å². The second-order valence-corrected chi connectivity index (χ2v) is 3.02. The van der Waals surface area contributed by atoms with E-state index >= 15 is 0 Å². The molecule has 0 radical (unpaired) electrons. The molecule has 1 aromatic rings. The molecule has 1 amide bonds. The highest BCUT2D eigenvalue weighted by molar-refractivity contribution is 5.75. The van der Waals surface area contributed by atoms with Crippen LogP contribution in [0.3, 0.4) is 0 Å². The fraction of sp³-hybridized carbons (Fsp3) is 0.444. The molecule has 1 atom stereocenters. The van der Waals surface area contributed by atoms with Crippen molar-refractivity contribution in [2.75, 3.05) is 6.54 Å². The van der Waals surface area contributed by atoms with E-state index in [1.807, 2.05) is 26.0 Å². The van der Waals surface area contributed by atoms with E-state index in [1.165, 1.54) is 0 Å². The van der Waals surface area contributed by atoms with Crippen LogP contribution in [0.25, 0.3) is 0 Å². The Hall–Kier alpha value is -1.29. The first-order chi connectivity index (χ1) is 6.09. The Kier molecular flexibility index (Phi) is 3.08. The monoisotopic (exact) mass is 182 g/mol. The third kappa shape index (κ3) is 2.91. The molecule has 72 valence electrons. The lowest BCUT2D eigenvalue weighted by molar-refractivity contribution is -0.117. The first-order valence-electron chi connectivity index (χ1n) is 4.17. The highest BCUT2D eigenvalue weighted by atomic mass is 16.3. The van der Waals surface area contributed by atoms with Crippen LogP contribution in [0.2, 0.25) is 0 Å². The van der Waals surface area contributed by atoms with E-state index in [4.69, 9.17) is 10.2 Å². The summed E-state index contributed by atoms with van der Waals surface area (Å²) in [4.78, 5) is 10.5. The Labute approximate surface area is 77.1 Å². The Bertz CT molecular complexity index is 294. The zero-order valence-electron chi connectivity index (χ0n) is 7.83. The number of hydrogen-bond acceptors (Lipinski definition) is 3. The topological polar surface area (TPSA) is 68.3 Å². The summed E-state index contributed by atoms with van der Waals surface area (Å²) in [5.41, 5.74) is 4.99. The van der Waals surface area contributed by atoms with E-state index in [0.29, 0.717) is 0 Å². The number of aryl methyl sites for hydroxylation is 1. The summed E-state index contributed by atoms with van der Waals surface area (Å²) in [5.74, 6) is 1.32. The van der Waals surface area contributed by atoms with E-state index in [0.717, 1.165) is 11.5 Å². The molecule has 0 aliphatic heterocycles. The van der Waals surface area contributed by atoms with Gasteiger partial charge >= 0.3 is 0 Å². The maximum Gasteiger partial charge on any atom is 0.231 e. The normalized spacial score (nSPS) is 12.8. The maximum atomic E-state index is 10.5. The Morgan fingerprint density at radius 1 is 1.69 bits per heavy atom. The summed E-state index contributed by atoms with van der Waals surface area (Å²) in [6.45, 7) is 3.96. The maximum absolute atomic E-state index is 10.5. The average molecular weight is 182 g/mol. The van der Waals surface area contributed by atoms with Gasteiger partial charge in [0.25, 0.3) is 0 Å². The molecule has 4 nitrogen and oxygen atoms in total. The lowest BCUT2D eigenvalue weighted by Crippen LogP contribution is -2.30. The number of rotatable bonds is 4. The first kappa shape index (κ1) is 9.80. The van der Waals surface area contributed by atoms with Gasteiger partial charge in [0.1, 0.15) is 11.5 Å². The largest absolute Gasteiger partial charge is 0.465 e. The summed E-state index contributed by atoms with van der Waals surface area (Å²) < 4.78 is 5.36. The van der Waals surface area contributed by atoms with Crippen molar-refractivity contribution in [2.24, 2.45) is 5.73 Å². The van der Waals surface area contributed by atoms with Gasteiger partial charge in [-0.25, -0.2) is 0 Å². The first-order valence-corrected chi connectivity index (χ1v) is 4.17. The van der Waals surface area contributed by atoms with E-state index < -0.39 is 0 Å². The standard InChI is InChI=1S/C9H14N2O2/c1-6-3-4-8(13-6)7(2)11-5-9(10)12/h3-4,7,11H,5H2,1-2H3,(H2,10,12). The van der Waals surface area contributed by atoms with Crippen LogP contribution in [-0.4, -0.2) is 12.5 Å². The molecule has 13 heavy (non-hydrogen) atoms. The molecule has 0 bridgehead atoms. The van der Waals surface area contributed by atoms with E-state index in [1.54, 1.807) is 0 Å². The van der Waals surface area contributed by atoms with Gasteiger partial charge in [0.05, 0.1) is 12.6 Å². The molecule has 0 fully saturated rings. The smallest absolute Gasteiger partial charge is 0.231 e. The fourth-order valence-corrected chi connectivity index (χ4v) is 1.04. The summed E-state index contributed by atoms with van der Waals surface area (Å²) in [6, 6.07) is 3.78. The van der Waals surface area contributed by atoms with Gasteiger partial charge in [0.15, 0.2) is 0 Å². The van der Waals surface area contributed by atoms with Crippen molar-refractivity contribution in [3.05, 3.63) is 23.7 Å². The third-order valence-corrected chi connectivity index (χ3v) is 1.77. The van der Waals surface area contributed by atoms with Crippen LogP contribution < -0.4 is 11.1 Å². The van der Waals surface area contributed by atoms with Crippen LogP contribution >= 0.6 is 0 Å². The quantitative estimate of drug-likeness (QED) is 0.721. The molecule has 1 heterocycles. The fourth-order valence-electron chi connectivity index (χ4n) is 1.04. The van der Waals surface area contributed by atoms with Crippen molar-refractivity contribution in [3.63, 3.8) is 0 Å². The van der Waals surface area contributed by atoms with Gasteiger partial charge in [-0.1, -0.05) is 0 Å². The number of carbonyl (C=O) groups is 1. The van der Waals surface area contributed by atoms with Crippen LogP contribution in [0.15, 0.2) is 16.5 Å². The van der Waals surface area contributed by atoms with Crippen molar-refractivity contribution in [1.29, 1.82) is 0 Å². The number of hydrogen-bond donors (Lipinski definition) is 2. The number of primary amides is 1. The summed E-state index contributed by atoms with van der Waals surface area (Å²) >= 11 is 0. The molecule has 0 saturated heterocycles. The molecule has 0 saturated carbocycles. The predicted octanol–water partition coefficient (Wildman–Crippen LogP) is 0.724. The number of amides is 1. The molecular formula is C9H14N2O2. The molecule has 0 spiro atoms. The van der Waals surface area contributed by atoms with Crippen LogP contribution in [0.5, 0.6) is 0 Å². The molecule has 1 aromatic heterocycles. The lowest BCUT2D eigenvalue weighted by atomic mass is 10.2. The molecule has 0 aliphatic carbocycles. The van der Waals surface area contributed by atoms with Crippen molar-refractivity contribution < 1.29 is 9.21 Å². The van der Waals surface area contributed by atoms with Crippen LogP contribution in [-0.2, 0) is 4.79 Å². The van der Waals surface area contributed by atoms with Gasteiger partial charge in [0, 0.05) is 0 Å². The highest BCUT2D eigenvalue weighted by Gasteiger charge is 2.08. The van der Waals surface area contributed by atoms with Gasteiger partial charge in [-0.2, -0.15) is 0 Å². The van der Waals surface area contributed by atoms with E-state index in [-0.39, 0.29) is 18.5 Å². The molecule has 0 aromatic carbocycles. The zero-order valence-corrected chi connectivity index (χ0v) is 7.83. The number of furan rings is 1. The van der Waals surface area contributed by atoms with Crippen LogP contribution in [0.1, 0.15) is 24.5 Å². The minimum absolute atomic E-state index is 0.0150. The minimum atomic E-state index is -0.366. The third-order valence-electron chi connectivity index (χ3n) is 1.77. The summed E-state index contributed by atoms with van der Waals surface area (Å²) in [7, 11) is 0. The van der Waals surface area contributed by atoms with E-state index in [9.17, 15) is 4.79 Å². The molecule has 1 unspecified atom stereocenters. The molecule has 3 N–H and O–H groups in total. The highest BCUT2D eigenvalue weighted by Crippen LogP contribution is 2.14. The zero-order chi connectivity index (χ0) is 9.84. The van der Waals surface area contributed by atoms with Crippen molar-refractivity contribution in [3.8, 4) is 0 Å². The Morgan fingerprint density at radius 3 is 2.85 bits per heavy atom. The number of nitrogens with two attached hydrogens (primary N) is 1. The molecule has 1 rings (SSSR count). The Morgan fingerprint density at radius 2 is 2.38 bits per heavy atom. The lowest BCUT2D eigenvalue weighted by Gasteiger charge is -2.08. The minimum Gasteiger partial charge on any atom is -0.465 e. The van der Waals surface area contributed by atoms with Crippen molar-refractivity contribution >= 4 is 5.91 Å². The Balaban J connectivity index is 2.48. The van der Waals surface area contributed by atoms with Crippen molar-refractivity contribution in [1.82, 2.24) is 5.32 Å². The van der Waals surface area contributed by atoms with Gasteiger partial charge in [-0.05, 0) is 26.0 Å². The number of nitrogens with one attached hydrogen (secondary N) is 1. The van der Waals surface area contributed by atoms with E-state index in [2.05, 4.69) is 5.32 Å². The summed E-state index contributed by atoms with van der Waals surface area (Å²) in [5, 5.41) is 2.94. The van der Waals surface area contributed by atoms with Gasteiger partial charge in [-0.15, -0.1) is 0 Å². The van der Waals surface area contributed by atoms with Crippen LogP contribution in [0.4, 0.5) is 0 Å². The number of carbonyl (C=O) groups excluding carboxylic acids is 1. The SMILES string of the molecule is Cc1ccc(C(C)NCC(N)=O)o1. The van der Waals surface area contributed by atoms with Crippen molar-refractivity contribution in [2.45, 2.75) is 19.9 Å². The van der Waals surface area contributed by atoms with Crippen LogP contribution in [0, 0.1) is 6.92 Å². The summed E-state index contributed by atoms with van der Waals surface area (Å²) in [6.07, 6.45) is 0.